The molecule has 0 aliphatic heterocycles. The topological polar surface area (TPSA) is 63.6 Å². The van der Waals surface area contributed by atoms with Crippen LogP contribution in [0, 0.1) is 0 Å². The van der Waals surface area contributed by atoms with Crippen molar-refractivity contribution in [3.63, 3.8) is 0 Å². The maximum atomic E-state index is 10.4. The van der Waals surface area contributed by atoms with Crippen LogP contribution in [0.1, 0.15) is 6.92 Å². The monoisotopic (exact) mass is 218 g/mol. The fourth-order valence-corrected chi connectivity index (χ4v) is 1.09. The standard InChI is InChI=1S/C4H10O4S.Zn/c1-4(5)3-9(6,7)8-2;/h4-5H,3H2,1-2H3;. The summed E-state index contributed by atoms with van der Waals surface area (Å²) in [5.41, 5.74) is 0. The molecule has 0 aromatic rings. The second-order valence-electron chi connectivity index (χ2n) is 1.74. The number of hydrogen-bond donors (Lipinski definition) is 1. The van der Waals surface area contributed by atoms with Crippen LogP contribution in [0.15, 0.2) is 0 Å². The molecule has 0 bridgehead atoms. The molecule has 0 amide bonds. The molecule has 0 heterocycles. The second-order valence-corrected chi connectivity index (χ2v) is 3.52. The quantitative estimate of drug-likeness (QED) is 0.506. The summed E-state index contributed by atoms with van der Waals surface area (Å²) >= 11 is 0. The van der Waals surface area contributed by atoms with Crippen molar-refractivity contribution in [2.24, 2.45) is 0 Å². The van der Waals surface area contributed by atoms with Crippen LogP contribution in [-0.2, 0) is 33.8 Å². The minimum atomic E-state index is -3.47. The maximum absolute atomic E-state index is 10.4. The van der Waals surface area contributed by atoms with E-state index in [4.69, 9.17) is 5.11 Å². The Labute approximate surface area is 73.5 Å². The predicted octanol–water partition coefficient (Wildman–Crippen LogP) is -0.659. The van der Waals surface area contributed by atoms with Gasteiger partial charge in [-0.05, 0) is 6.92 Å². The molecule has 6 heteroatoms. The van der Waals surface area contributed by atoms with Gasteiger partial charge in [0.25, 0.3) is 10.1 Å². The largest absolute Gasteiger partial charge is 0.392 e. The summed E-state index contributed by atoms with van der Waals surface area (Å²) in [7, 11) is -2.40. The Morgan fingerprint density at radius 3 is 2.10 bits per heavy atom. The SMILES string of the molecule is COS(=O)(=O)CC(C)O.[Zn]. The Kier molecular flexibility index (Phi) is 6.80. The average Bonchev–Trinajstić information content (AvgIpc) is 1.63. The molecule has 58 valence electrons. The van der Waals surface area contributed by atoms with Gasteiger partial charge in [0.2, 0.25) is 0 Å². The molecule has 0 fully saturated rings. The van der Waals surface area contributed by atoms with E-state index in [0.29, 0.717) is 0 Å². The first kappa shape index (κ1) is 13.1. The van der Waals surface area contributed by atoms with Crippen molar-refractivity contribution in [2.75, 3.05) is 12.9 Å². The molecule has 1 N–H and O–H groups in total. The van der Waals surface area contributed by atoms with Crippen molar-refractivity contribution in [1.29, 1.82) is 0 Å². The van der Waals surface area contributed by atoms with Crippen molar-refractivity contribution in [3.8, 4) is 0 Å². The molecule has 1 unspecified atom stereocenters. The van der Waals surface area contributed by atoms with Gasteiger partial charge in [0.05, 0.1) is 13.2 Å². The molecule has 0 spiro atoms. The van der Waals surface area contributed by atoms with E-state index in [9.17, 15) is 8.42 Å². The number of aliphatic hydroxyl groups excluding tert-OH is 1. The zero-order chi connectivity index (χ0) is 7.49. The van der Waals surface area contributed by atoms with E-state index in [0.717, 1.165) is 7.11 Å². The Morgan fingerprint density at radius 2 is 2.00 bits per heavy atom. The zero-order valence-electron chi connectivity index (χ0n) is 6.07. The van der Waals surface area contributed by atoms with Crippen molar-refractivity contribution in [3.05, 3.63) is 0 Å². The van der Waals surface area contributed by atoms with Gasteiger partial charge in [-0.25, -0.2) is 0 Å². The van der Waals surface area contributed by atoms with E-state index in [1.165, 1.54) is 6.92 Å². The smallest absolute Gasteiger partial charge is 0.269 e. The molecule has 0 saturated heterocycles. The molecule has 0 rings (SSSR count). The van der Waals surface area contributed by atoms with Gasteiger partial charge in [0.1, 0.15) is 5.75 Å². The summed E-state index contributed by atoms with van der Waals surface area (Å²) < 4.78 is 24.9. The van der Waals surface area contributed by atoms with E-state index in [1.54, 1.807) is 0 Å². The summed E-state index contributed by atoms with van der Waals surface area (Å²) in [4.78, 5) is 0. The van der Waals surface area contributed by atoms with E-state index >= 15 is 0 Å². The van der Waals surface area contributed by atoms with Crippen LogP contribution in [0.3, 0.4) is 0 Å². The fraction of sp³-hybridized carbons (Fsp3) is 1.00. The van der Waals surface area contributed by atoms with Crippen LogP contribution in [0.2, 0.25) is 0 Å². The van der Waals surface area contributed by atoms with E-state index in [-0.39, 0.29) is 25.2 Å². The van der Waals surface area contributed by atoms with Gasteiger partial charge in [0, 0.05) is 19.5 Å². The third-order valence-corrected chi connectivity index (χ3v) is 2.10. The molecular formula is C4H10O4SZn. The van der Waals surface area contributed by atoms with Crippen LogP contribution in [0.4, 0.5) is 0 Å². The third kappa shape index (κ3) is 6.61. The van der Waals surface area contributed by atoms with Gasteiger partial charge in [-0.3, -0.25) is 4.18 Å². The van der Waals surface area contributed by atoms with Gasteiger partial charge in [-0.1, -0.05) is 0 Å². The van der Waals surface area contributed by atoms with Crippen LogP contribution in [0.5, 0.6) is 0 Å². The zero-order valence-corrected chi connectivity index (χ0v) is 9.86. The summed E-state index contributed by atoms with van der Waals surface area (Å²) in [6.07, 6.45) is -0.866. The van der Waals surface area contributed by atoms with Crippen molar-refractivity contribution < 1.29 is 37.2 Å². The molecule has 0 aromatic heterocycles. The molecule has 4 nitrogen and oxygen atoms in total. The minimum absolute atomic E-state index is 0. The molecule has 1 atom stereocenters. The molecule has 0 aliphatic carbocycles. The first-order valence-corrected chi connectivity index (χ1v) is 4.02. The third-order valence-electron chi connectivity index (χ3n) is 0.699. The normalized spacial score (nSPS) is 13.9. The molecular weight excluding hydrogens is 209 g/mol. The van der Waals surface area contributed by atoms with Gasteiger partial charge in [-0.2, -0.15) is 8.42 Å². The minimum Gasteiger partial charge on any atom is -0.392 e. The van der Waals surface area contributed by atoms with Crippen LogP contribution in [-0.4, -0.2) is 32.5 Å². The van der Waals surface area contributed by atoms with Gasteiger partial charge in [-0.15, -0.1) is 0 Å². The fourth-order valence-electron chi connectivity index (χ4n) is 0.363. The summed E-state index contributed by atoms with van der Waals surface area (Å²) in [6, 6.07) is 0. The van der Waals surface area contributed by atoms with E-state index in [1.807, 2.05) is 0 Å². The van der Waals surface area contributed by atoms with Gasteiger partial charge in [0.15, 0.2) is 0 Å². The summed E-state index contributed by atoms with van der Waals surface area (Å²) in [6.45, 7) is 1.39. The van der Waals surface area contributed by atoms with Crippen LogP contribution < -0.4 is 0 Å². The van der Waals surface area contributed by atoms with Gasteiger partial charge >= 0.3 is 0 Å². The van der Waals surface area contributed by atoms with Crippen molar-refractivity contribution in [1.82, 2.24) is 0 Å². The predicted molar refractivity (Wildman–Crippen MR) is 32.5 cm³/mol. The van der Waals surface area contributed by atoms with E-state index in [2.05, 4.69) is 4.18 Å². The number of aliphatic hydroxyl groups is 1. The van der Waals surface area contributed by atoms with Gasteiger partial charge < -0.3 is 5.11 Å². The Balaban J connectivity index is 0. The average molecular weight is 220 g/mol. The summed E-state index contributed by atoms with van der Waals surface area (Å²) in [5.74, 6) is -0.344. The molecule has 0 aliphatic rings. The number of hydrogen-bond acceptors (Lipinski definition) is 4. The molecule has 0 radical (unpaired) electrons. The molecule has 10 heavy (non-hydrogen) atoms. The second kappa shape index (κ2) is 5.18. The van der Waals surface area contributed by atoms with Crippen molar-refractivity contribution in [2.45, 2.75) is 13.0 Å². The molecule has 0 saturated carbocycles. The maximum Gasteiger partial charge on any atom is 0.269 e. The first-order chi connectivity index (χ1) is 3.98. The number of rotatable bonds is 3. The Morgan fingerprint density at radius 1 is 1.60 bits per heavy atom. The van der Waals surface area contributed by atoms with Crippen LogP contribution >= 0.6 is 0 Å². The van der Waals surface area contributed by atoms with Crippen LogP contribution in [0.25, 0.3) is 0 Å². The Hall–Kier alpha value is 0.493. The van der Waals surface area contributed by atoms with Crippen molar-refractivity contribution >= 4 is 10.1 Å². The Bertz CT molecular complexity index is 162. The van der Waals surface area contributed by atoms with E-state index < -0.39 is 16.2 Å². The first-order valence-electron chi connectivity index (χ1n) is 2.44. The summed E-state index contributed by atoms with van der Waals surface area (Å²) in [5, 5.41) is 8.56. The molecule has 0 aromatic carbocycles.